The van der Waals surface area contributed by atoms with Crippen molar-refractivity contribution in [1.29, 1.82) is 0 Å². The van der Waals surface area contributed by atoms with Crippen LogP contribution < -0.4 is 4.90 Å². The average Bonchev–Trinajstić information content (AvgIpc) is 3.06. The van der Waals surface area contributed by atoms with Crippen LogP contribution in [0.1, 0.15) is 11.1 Å². The van der Waals surface area contributed by atoms with Crippen molar-refractivity contribution >= 4 is 32.5 Å². The Morgan fingerprint density at radius 1 is 1.15 bits per heavy atom. The summed E-state index contributed by atoms with van der Waals surface area (Å²) in [5, 5.41) is 0.575. The number of amidine groups is 1. The molecule has 2 aliphatic heterocycles. The molecule has 0 unspecified atom stereocenters. The minimum Gasteiger partial charge on any atom is -0.312 e. The number of hydrogen-bond acceptors (Lipinski definition) is 5. The first-order valence-electron chi connectivity index (χ1n) is 8.53. The summed E-state index contributed by atoms with van der Waals surface area (Å²) < 4.78 is 51.8. The molecule has 1 fully saturated rings. The molecule has 2 aliphatic rings. The van der Waals surface area contributed by atoms with Crippen molar-refractivity contribution in [2.45, 2.75) is 24.8 Å². The van der Waals surface area contributed by atoms with Gasteiger partial charge in [0, 0.05) is 11.8 Å². The van der Waals surface area contributed by atoms with Crippen LogP contribution in [0.4, 0.5) is 14.5 Å². The molecule has 142 valence electrons. The number of halogens is 2. The van der Waals surface area contributed by atoms with Crippen LogP contribution in [-0.2, 0) is 15.6 Å². The maximum absolute atomic E-state index is 14.4. The van der Waals surface area contributed by atoms with Crippen LogP contribution in [0.2, 0.25) is 0 Å². The summed E-state index contributed by atoms with van der Waals surface area (Å²) in [5.41, 5.74) is 2.42. The standard InChI is InChI=1S/C19H18F2N2O2S2/c1-12-2-4-13(5-3-12)9-26-19-22-16-10-27(24,25)11-18(16)23(19)17-7-6-14(20)8-15(17)21/h2-8,16,18H,9-11H2,1H3/t16-,18+/m1/s1. The number of aryl methyl sites for hydroxylation is 1. The van der Waals surface area contributed by atoms with Crippen LogP contribution in [-0.4, -0.2) is 37.2 Å². The zero-order valence-corrected chi connectivity index (χ0v) is 16.2. The quantitative estimate of drug-likeness (QED) is 0.779. The van der Waals surface area contributed by atoms with E-state index in [0.717, 1.165) is 17.2 Å². The van der Waals surface area contributed by atoms with Gasteiger partial charge >= 0.3 is 0 Å². The van der Waals surface area contributed by atoms with Gasteiger partial charge in [-0.05, 0) is 24.6 Å². The Bertz CT molecular complexity index is 1010. The van der Waals surface area contributed by atoms with E-state index in [1.165, 1.54) is 23.9 Å². The van der Waals surface area contributed by atoms with Gasteiger partial charge in [-0.3, -0.25) is 4.99 Å². The van der Waals surface area contributed by atoms with E-state index in [9.17, 15) is 17.2 Å². The molecule has 8 heteroatoms. The second kappa shape index (κ2) is 6.91. The van der Waals surface area contributed by atoms with Crippen LogP contribution >= 0.6 is 11.8 Å². The van der Waals surface area contributed by atoms with Gasteiger partial charge in [-0.1, -0.05) is 41.6 Å². The highest BCUT2D eigenvalue weighted by Crippen LogP contribution is 2.37. The summed E-state index contributed by atoms with van der Waals surface area (Å²) in [4.78, 5) is 6.19. The van der Waals surface area contributed by atoms with Crippen molar-refractivity contribution < 1.29 is 17.2 Å². The maximum atomic E-state index is 14.4. The molecule has 0 aromatic heterocycles. The van der Waals surface area contributed by atoms with Gasteiger partial charge in [-0.15, -0.1) is 0 Å². The molecule has 0 saturated carbocycles. The third-order valence-electron chi connectivity index (χ3n) is 4.77. The molecular formula is C19H18F2N2O2S2. The van der Waals surface area contributed by atoms with Crippen LogP contribution in [0.15, 0.2) is 47.5 Å². The van der Waals surface area contributed by atoms with Crippen LogP contribution in [0.3, 0.4) is 0 Å². The van der Waals surface area contributed by atoms with E-state index in [1.807, 2.05) is 31.2 Å². The van der Waals surface area contributed by atoms with Crippen molar-refractivity contribution in [3.05, 3.63) is 65.2 Å². The summed E-state index contributed by atoms with van der Waals surface area (Å²) in [5.74, 6) is -0.872. The highest BCUT2D eigenvalue weighted by Gasteiger charge is 2.47. The Morgan fingerprint density at radius 2 is 1.89 bits per heavy atom. The highest BCUT2D eigenvalue weighted by atomic mass is 32.2. The fraction of sp³-hybridized carbons (Fsp3) is 0.316. The van der Waals surface area contributed by atoms with Crippen molar-refractivity contribution in [3.63, 3.8) is 0 Å². The number of fused-ring (bicyclic) bond motifs is 1. The monoisotopic (exact) mass is 408 g/mol. The van der Waals surface area contributed by atoms with Crippen molar-refractivity contribution in [3.8, 4) is 0 Å². The molecule has 0 aliphatic carbocycles. The molecular weight excluding hydrogens is 390 g/mol. The average molecular weight is 408 g/mol. The van der Waals surface area contributed by atoms with E-state index in [4.69, 9.17) is 0 Å². The topological polar surface area (TPSA) is 49.7 Å². The minimum absolute atomic E-state index is 0.0361. The Morgan fingerprint density at radius 3 is 2.59 bits per heavy atom. The summed E-state index contributed by atoms with van der Waals surface area (Å²) in [6.45, 7) is 2.01. The van der Waals surface area contributed by atoms with Gasteiger partial charge < -0.3 is 4.90 Å². The SMILES string of the molecule is Cc1ccc(CSC2=N[C@@H]3CS(=O)(=O)C[C@@H]3N2c2ccc(F)cc2F)cc1. The molecule has 2 atom stereocenters. The Labute approximate surface area is 161 Å². The number of rotatable bonds is 3. The molecule has 27 heavy (non-hydrogen) atoms. The molecule has 0 spiro atoms. The molecule has 2 aromatic carbocycles. The molecule has 0 N–H and O–H groups in total. The van der Waals surface area contributed by atoms with Gasteiger partial charge in [-0.2, -0.15) is 0 Å². The lowest BCUT2D eigenvalue weighted by molar-refractivity contribution is 0.577. The van der Waals surface area contributed by atoms with Gasteiger partial charge in [0.15, 0.2) is 15.0 Å². The number of benzene rings is 2. The number of aliphatic imine (C=N–C) groups is 1. The lowest BCUT2D eigenvalue weighted by atomic mass is 10.1. The Hall–Kier alpha value is -1.93. The van der Waals surface area contributed by atoms with Gasteiger partial charge in [-0.25, -0.2) is 17.2 Å². The second-order valence-electron chi connectivity index (χ2n) is 6.86. The van der Waals surface area contributed by atoms with E-state index in [2.05, 4.69) is 4.99 Å². The van der Waals surface area contributed by atoms with E-state index in [1.54, 1.807) is 4.90 Å². The maximum Gasteiger partial charge on any atom is 0.164 e. The molecule has 2 aromatic rings. The first-order chi connectivity index (χ1) is 12.8. The highest BCUT2D eigenvalue weighted by molar-refractivity contribution is 8.13. The van der Waals surface area contributed by atoms with Crippen molar-refractivity contribution in [2.24, 2.45) is 4.99 Å². The molecule has 0 bridgehead atoms. The summed E-state index contributed by atoms with van der Waals surface area (Å²) in [6.07, 6.45) is 0. The van der Waals surface area contributed by atoms with Crippen molar-refractivity contribution in [1.82, 2.24) is 0 Å². The third-order valence-corrected chi connectivity index (χ3v) is 7.50. The number of hydrogen-bond donors (Lipinski definition) is 0. The lowest BCUT2D eigenvalue weighted by Crippen LogP contribution is -2.39. The Balaban J connectivity index is 1.64. The summed E-state index contributed by atoms with van der Waals surface area (Å²) >= 11 is 1.44. The molecule has 0 radical (unpaired) electrons. The normalized spacial score (nSPS) is 23.4. The van der Waals surface area contributed by atoms with E-state index < -0.39 is 33.6 Å². The Kier molecular flexibility index (Phi) is 4.71. The zero-order valence-electron chi connectivity index (χ0n) is 14.6. The van der Waals surface area contributed by atoms with E-state index in [0.29, 0.717) is 10.9 Å². The minimum atomic E-state index is -3.22. The molecule has 1 saturated heterocycles. The third kappa shape index (κ3) is 3.73. The molecule has 4 rings (SSSR count). The number of nitrogens with zero attached hydrogens (tertiary/aromatic N) is 2. The van der Waals surface area contributed by atoms with E-state index >= 15 is 0 Å². The number of anilines is 1. The summed E-state index contributed by atoms with van der Waals surface area (Å²) in [6, 6.07) is 10.6. The molecule has 4 nitrogen and oxygen atoms in total. The summed E-state index contributed by atoms with van der Waals surface area (Å²) in [7, 11) is -3.22. The van der Waals surface area contributed by atoms with Crippen LogP contribution in [0, 0.1) is 18.6 Å². The predicted molar refractivity (Wildman–Crippen MR) is 105 cm³/mol. The largest absolute Gasteiger partial charge is 0.312 e. The first kappa shape index (κ1) is 18.4. The molecule has 2 heterocycles. The zero-order chi connectivity index (χ0) is 19.2. The van der Waals surface area contributed by atoms with Crippen LogP contribution in [0.5, 0.6) is 0 Å². The first-order valence-corrected chi connectivity index (χ1v) is 11.3. The lowest BCUT2D eigenvalue weighted by Gasteiger charge is -2.26. The van der Waals surface area contributed by atoms with Crippen LogP contribution in [0.25, 0.3) is 0 Å². The van der Waals surface area contributed by atoms with Gasteiger partial charge in [0.25, 0.3) is 0 Å². The van der Waals surface area contributed by atoms with Crippen molar-refractivity contribution in [2.75, 3.05) is 16.4 Å². The fourth-order valence-corrected chi connectivity index (χ4v) is 6.34. The van der Waals surface area contributed by atoms with Gasteiger partial charge in [0.05, 0.1) is 29.3 Å². The smallest absolute Gasteiger partial charge is 0.164 e. The fourth-order valence-electron chi connectivity index (χ4n) is 3.42. The predicted octanol–water partition coefficient (Wildman–Crippen LogP) is 3.55. The van der Waals surface area contributed by atoms with E-state index in [-0.39, 0.29) is 17.2 Å². The van der Waals surface area contributed by atoms with Gasteiger partial charge in [0.2, 0.25) is 0 Å². The number of thioether (sulfide) groups is 1. The van der Waals surface area contributed by atoms with Gasteiger partial charge in [0.1, 0.15) is 11.6 Å². The molecule has 0 amide bonds. The second-order valence-corrected chi connectivity index (χ2v) is 9.96. The number of sulfone groups is 1.